The lowest BCUT2D eigenvalue weighted by Crippen LogP contribution is -2.35. The van der Waals surface area contributed by atoms with E-state index in [2.05, 4.69) is 26.1 Å². The highest BCUT2D eigenvalue weighted by molar-refractivity contribution is 5.28. The van der Waals surface area contributed by atoms with E-state index in [1.54, 1.807) is 12.1 Å². The maximum absolute atomic E-state index is 13.5. The summed E-state index contributed by atoms with van der Waals surface area (Å²) in [4.78, 5) is 0. The largest absolute Gasteiger partial charge is 0.316 e. The fraction of sp³-hybridized carbons (Fsp3) is 0.667. The van der Waals surface area contributed by atoms with Crippen LogP contribution in [0.1, 0.15) is 50.7 Å². The lowest BCUT2D eigenvalue weighted by Gasteiger charge is -2.30. The van der Waals surface area contributed by atoms with Crippen LogP contribution < -0.4 is 5.32 Å². The second-order valence-electron chi connectivity index (χ2n) is 6.98. The van der Waals surface area contributed by atoms with Crippen molar-refractivity contribution in [3.63, 3.8) is 0 Å². The quantitative estimate of drug-likeness (QED) is 0.808. The fourth-order valence-corrected chi connectivity index (χ4v) is 3.40. The van der Waals surface area contributed by atoms with Gasteiger partial charge in [-0.2, -0.15) is 0 Å². The summed E-state index contributed by atoms with van der Waals surface area (Å²) in [6.45, 7) is 8.72. The summed E-state index contributed by atoms with van der Waals surface area (Å²) in [6, 6.07) is 5.21. The van der Waals surface area contributed by atoms with Crippen LogP contribution in [0.5, 0.6) is 0 Å². The van der Waals surface area contributed by atoms with Gasteiger partial charge in [-0.1, -0.05) is 32.8 Å². The van der Waals surface area contributed by atoms with Gasteiger partial charge in [-0.05, 0) is 67.3 Å². The first-order valence-electron chi connectivity index (χ1n) is 7.96. The van der Waals surface area contributed by atoms with Crippen LogP contribution in [0.25, 0.3) is 0 Å². The van der Waals surface area contributed by atoms with Gasteiger partial charge in [-0.3, -0.25) is 0 Å². The van der Waals surface area contributed by atoms with Gasteiger partial charge in [-0.25, -0.2) is 4.39 Å². The standard InChI is InChI=1S/C18H28FN/c1-14(2)12-20-13-18(8-4-5-9-18)11-16-10-17(19)7-6-15(16)3/h6-7,10,14,20H,4-5,8-9,11-13H2,1-3H3. The molecule has 0 radical (unpaired) electrons. The van der Waals surface area contributed by atoms with Crippen molar-refractivity contribution in [3.05, 3.63) is 35.1 Å². The van der Waals surface area contributed by atoms with Gasteiger partial charge in [0.15, 0.2) is 0 Å². The number of hydrogen-bond donors (Lipinski definition) is 1. The normalized spacial score (nSPS) is 17.9. The van der Waals surface area contributed by atoms with Gasteiger partial charge in [-0.15, -0.1) is 0 Å². The van der Waals surface area contributed by atoms with E-state index in [-0.39, 0.29) is 5.82 Å². The van der Waals surface area contributed by atoms with Crippen LogP contribution in [-0.2, 0) is 6.42 Å². The summed E-state index contributed by atoms with van der Waals surface area (Å²) < 4.78 is 13.5. The third kappa shape index (κ3) is 4.05. The molecule has 20 heavy (non-hydrogen) atoms. The van der Waals surface area contributed by atoms with Crippen molar-refractivity contribution in [1.29, 1.82) is 0 Å². The van der Waals surface area contributed by atoms with E-state index < -0.39 is 0 Å². The fourth-order valence-electron chi connectivity index (χ4n) is 3.40. The van der Waals surface area contributed by atoms with Crippen LogP contribution >= 0.6 is 0 Å². The molecule has 0 aromatic heterocycles. The zero-order valence-corrected chi connectivity index (χ0v) is 13.1. The Morgan fingerprint density at radius 2 is 1.95 bits per heavy atom. The molecule has 0 saturated heterocycles. The summed E-state index contributed by atoms with van der Waals surface area (Å²) in [7, 11) is 0. The second kappa shape index (κ2) is 6.71. The minimum Gasteiger partial charge on any atom is -0.316 e. The van der Waals surface area contributed by atoms with Gasteiger partial charge >= 0.3 is 0 Å². The molecule has 112 valence electrons. The van der Waals surface area contributed by atoms with Crippen LogP contribution in [0.2, 0.25) is 0 Å². The number of halogens is 1. The first-order valence-corrected chi connectivity index (χ1v) is 7.96. The molecule has 1 nitrogen and oxygen atoms in total. The van der Waals surface area contributed by atoms with E-state index >= 15 is 0 Å². The van der Waals surface area contributed by atoms with Gasteiger partial charge < -0.3 is 5.32 Å². The topological polar surface area (TPSA) is 12.0 Å². The summed E-state index contributed by atoms with van der Waals surface area (Å²) >= 11 is 0. The van der Waals surface area contributed by atoms with Gasteiger partial charge in [0.05, 0.1) is 0 Å². The smallest absolute Gasteiger partial charge is 0.123 e. The second-order valence-corrected chi connectivity index (χ2v) is 6.98. The van der Waals surface area contributed by atoms with Crippen molar-refractivity contribution in [1.82, 2.24) is 5.32 Å². The Morgan fingerprint density at radius 3 is 2.60 bits per heavy atom. The van der Waals surface area contributed by atoms with Crippen molar-refractivity contribution in [2.45, 2.75) is 52.9 Å². The molecule has 0 atom stereocenters. The Morgan fingerprint density at radius 1 is 1.25 bits per heavy atom. The van der Waals surface area contributed by atoms with E-state index in [4.69, 9.17) is 0 Å². The van der Waals surface area contributed by atoms with E-state index in [0.29, 0.717) is 11.3 Å². The van der Waals surface area contributed by atoms with Gasteiger partial charge in [0, 0.05) is 6.54 Å². The van der Waals surface area contributed by atoms with Crippen molar-refractivity contribution in [3.8, 4) is 0 Å². The average molecular weight is 277 g/mol. The van der Waals surface area contributed by atoms with E-state index in [1.165, 1.54) is 36.8 Å². The van der Waals surface area contributed by atoms with Gasteiger partial charge in [0.25, 0.3) is 0 Å². The Bertz CT molecular complexity index is 433. The van der Waals surface area contributed by atoms with Crippen molar-refractivity contribution < 1.29 is 4.39 Å². The van der Waals surface area contributed by atoms with Crippen molar-refractivity contribution >= 4 is 0 Å². The molecule has 0 aliphatic heterocycles. The van der Waals surface area contributed by atoms with E-state index in [1.807, 2.05) is 6.07 Å². The molecule has 1 aliphatic carbocycles. The molecule has 0 bridgehead atoms. The third-order valence-corrected chi connectivity index (χ3v) is 4.59. The lowest BCUT2D eigenvalue weighted by molar-refractivity contribution is 0.272. The number of benzene rings is 1. The van der Waals surface area contributed by atoms with Crippen molar-refractivity contribution in [2.75, 3.05) is 13.1 Å². The molecular weight excluding hydrogens is 249 g/mol. The molecule has 0 unspecified atom stereocenters. The Labute approximate surface area is 123 Å². The van der Waals surface area contributed by atoms with Crippen LogP contribution in [0.3, 0.4) is 0 Å². The predicted molar refractivity (Wildman–Crippen MR) is 83.4 cm³/mol. The highest BCUT2D eigenvalue weighted by Crippen LogP contribution is 2.41. The predicted octanol–water partition coefficient (Wildman–Crippen LogP) is 4.48. The molecule has 2 heteroatoms. The maximum atomic E-state index is 13.5. The Balaban J connectivity index is 2.06. The molecular formula is C18H28FN. The minimum absolute atomic E-state index is 0.103. The highest BCUT2D eigenvalue weighted by Gasteiger charge is 2.34. The molecule has 1 N–H and O–H groups in total. The molecule has 2 rings (SSSR count). The maximum Gasteiger partial charge on any atom is 0.123 e. The minimum atomic E-state index is -0.103. The first kappa shape index (κ1) is 15.5. The number of nitrogens with one attached hydrogen (secondary N) is 1. The van der Waals surface area contributed by atoms with E-state index in [0.717, 1.165) is 19.5 Å². The zero-order valence-electron chi connectivity index (χ0n) is 13.1. The van der Waals surface area contributed by atoms with Crippen LogP contribution in [0.15, 0.2) is 18.2 Å². The van der Waals surface area contributed by atoms with Crippen molar-refractivity contribution in [2.24, 2.45) is 11.3 Å². The van der Waals surface area contributed by atoms with Crippen LogP contribution in [0.4, 0.5) is 4.39 Å². The molecule has 0 spiro atoms. The molecule has 1 saturated carbocycles. The summed E-state index contributed by atoms with van der Waals surface area (Å²) in [6.07, 6.45) is 6.19. The molecule has 1 aromatic rings. The summed E-state index contributed by atoms with van der Waals surface area (Å²) in [5.74, 6) is 0.582. The summed E-state index contributed by atoms with van der Waals surface area (Å²) in [5.41, 5.74) is 2.76. The Hall–Kier alpha value is -0.890. The lowest BCUT2D eigenvalue weighted by atomic mass is 9.79. The molecule has 1 aromatic carbocycles. The number of rotatable bonds is 6. The average Bonchev–Trinajstić information content (AvgIpc) is 2.82. The van der Waals surface area contributed by atoms with Gasteiger partial charge in [0.2, 0.25) is 0 Å². The van der Waals surface area contributed by atoms with Crippen LogP contribution in [0, 0.1) is 24.1 Å². The number of aryl methyl sites for hydroxylation is 1. The molecule has 1 aliphatic rings. The third-order valence-electron chi connectivity index (χ3n) is 4.59. The Kier molecular flexibility index (Phi) is 5.20. The SMILES string of the molecule is Cc1ccc(F)cc1CC1(CNCC(C)C)CCCC1. The van der Waals surface area contributed by atoms with Gasteiger partial charge in [0.1, 0.15) is 5.82 Å². The van der Waals surface area contributed by atoms with E-state index in [9.17, 15) is 4.39 Å². The molecule has 1 fully saturated rings. The van der Waals surface area contributed by atoms with Crippen LogP contribution in [-0.4, -0.2) is 13.1 Å². The zero-order chi connectivity index (χ0) is 14.6. The highest BCUT2D eigenvalue weighted by atomic mass is 19.1. The molecule has 0 amide bonds. The first-order chi connectivity index (χ1) is 9.51. The molecule has 0 heterocycles. The monoisotopic (exact) mass is 277 g/mol. The number of hydrogen-bond acceptors (Lipinski definition) is 1. The summed E-state index contributed by atoms with van der Waals surface area (Å²) in [5, 5.41) is 3.63.